The minimum atomic E-state index is -5.08. The van der Waals surface area contributed by atoms with Crippen LogP contribution in [0.1, 0.15) is 55.3 Å². The Morgan fingerprint density at radius 2 is 1.73 bits per heavy atom. The van der Waals surface area contributed by atoms with Crippen molar-refractivity contribution in [2.75, 3.05) is 32.8 Å². The van der Waals surface area contributed by atoms with Crippen molar-refractivity contribution >= 4 is 33.7 Å². The van der Waals surface area contributed by atoms with Crippen molar-refractivity contribution in [2.24, 2.45) is 5.92 Å². The Bertz CT molecular complexity index is 1140. The number of piperidine rings is 1. The molecule has 10 nitrogen and oxygen atoms in total. The first kappa shape index (κ1) is 32.3. The SMILES string of the molecule is O=C(NS(=O)(=O)N1CCC(O[C@H]2CCNC2)CC1)c1cc(Cl)c(OCC2CCCC2)cc1F.O=C(O)C(F)(F)F. The number of amides is 1. The number of rotatable bonds is 8. The summed E-state index contributed by atoms with van der Waals surface area (Å²) < 4.78 is 86.5. The Morgan fingerprint density at radius 3 is 2.27 bits per heavy atom. The summed E-state index contributed by atoms with van der Waals surface area (Å²) in [4.78, 5) is 21.5. The second-order valence-electron chi connectivity index (χ2n) is 9.81. The molecule has 0 spiro atoms. The highest BCUT2D eigenvalue weighted by molar-refractivity contribution is 7.87. The van der Waals surface area contributed by atoms with Gasteiger partial charge in [0, 0.05) is 25.7 Å². The fourth-order valence-corrected chi connectivity index (χ4v) is 6.04. The van der Waals surface area contributed by atoms with Gasteiger partial charge < -0.3 is 19.9 Å². The van der Waals surface area contributed by atoms with Crippen molar-refractivity contribution in [3.8, 4) is 5.75 Å². The molecule has 0 bridgehead atoms. The molecule has 40 heavy (non-hydrogen) atoms. The van der Waals surface area contributed by atoms with Gasteiger partial charge in [-0.1, -0.05) is 24.4 Å². The van der Waals surface area contributed by atoms with Gasteiger partial charge >= 0.3 is 22.4 Å². The summed E-state index contributed by atoms with van der Waals surface area (Å²) in [6, 6.07) is 2.15. The van der Waals surface area contributed by atoms with E-state index >= 15 is 0 Å². The second-order valence-corrected chi connectivity index (χ2v) is 11.9. The first-order valence-electron chi connectivity index (χ1n) is 12.9. The lowest BCUT2D eigenvalue weighted by atomic mass is 10.1. The fourth-order valence-electron chi connectivity index (χ4n) is 4.66. The van der Waals surface area contributed by atoms with Crippen LogP contribution in [0.4, 0.5) is 17.6 Å². The lowest BCUT2D eigenvalue weighted by molar-refractivity contribution is -0.192. The molecule has 0 radical (unpaired) electrons. The smallest absolute Gasteiger partial charge is 0.490 e. The molecule has 3 aliphatic rings. The van der Waals surface area contributed by atoms with E-state index in [2.05, 4.69) is 5.32 Å². The number of carbonyl (C=O) groups is 2. The van der Waals surface area contributed by atoms with Crippen molar-refractivity contribution in [2.45, 2.75) is 63.3 Å². The van der Waals surface area contributed by atoms with Crippen LogP contribution in [0.5, 0.6) is 5.75 Å². The Labute approximate surface area is 234 Å². The quantitative estimate of drug-likeness (QED) is 0.378. The van der Waals surface area contributed by atoms with Gasteiger partial charge in [-0.25, -0.2) is 13.9 Å². The fraction of sp³-hybridized carbons (Fsp3) is 0.667. The van der Waals surface area contributed by atoms with Crippen LogP contribution in [0.2, 0.25) is 5.02 Å². The largest absolute Gasteiger partial charge is 0.492 e. The number of nitrogens with one attached hydrogen (secondary N) is 2. The average Bonchev–Trinajstić information content (AvgIpc) is 3.59. The van der Waals surface area contributed by atoms with Crippen LogP contribution in [-0.4, -0.2) is 80.9 Å². The molecule has 0 aromatic heterocycles. The van der Waals surface area contributed by atoms with Crippen molar-refractivity contribution in [1.29, 1.82) is 0 Å². The minimum Gasteiger partial charge on any atom is -0.492 e. The number of nitrogens with zero attached hydrogens (tertiary/aromatic N) is 1. The normalized spacial score (nSPS) is 21.1. The van der Waals surface area contributed by atoms with Crippen LogP contribution < -0.4 is 14.8 Å². The van der Waals surface area contributed by atoms with Crippen LogP contribution in [0, 0.1) is 11.7 Å². The molecule has 4 rings (SSSR count). The Morgan fingerprint density at radius 1 is 1.10 bits per heavy atom. The first-order chi connectivity index (χ1) is 18.8. The van der Waals surface area contributed by atoms with E-state index in [1.165, 1.54) is 4.31 Å². The van der Waals surface area contributed by atoms with Crippen LogP contribution in [0.25, 0.3) is 0 Å². The summed E-state index contributed by atoms with van der Waals surface area (Å²) >= 11 is 6.19. The third kappa shape index (κ3) is 9.43. The molecule has 1 amide bonds. The number of carboxylic acids is 1. The molecule has 0 unspecified atom stereocenters. The van der Waals surface area contributed by atoms with Gasteiger partial charge in [0.1, 0.15) is 11.6 Å². The van der Waals surface area contributed by atoms with Gasteiger partial charge in [-0.15, -0.1) is 0 Å². The lowest BCUT2D eigenvalue weighted by Crippen LogP contribution is -2.48. The highest BCUT2D eigenvalue weighted by Gasteiger charge is 2.38. The van der Waals surface area contributed by atoms with E-state index in [-0.39, 0.29) is 36.1 Å². The number of ether oxygens (including phenoxy) is 2. The maximum Gasteiger partial charge on any atom is 0.490 e. The molecule has 1 aromatic rings. The number of alkyl halides is 3. The molecule has 1 saturated carbocycles. The summed E-state index contributed by atoms with van der Waals surface area (Å²) in [5.41, 5.74) is -0.441. The van der Waals surface area contributed by atoms with Gasteiger partial charge in [0.25, 0.3) is 5.91 Å². The molecule has 1 aromatic carbocycles. The van der Waals surface area contributed by atoms with Crippen molar-refractivity contribution < 1.29 is 50.1 Å². The highest BCUT2D eigenvalue weighted by atomic mass is 35.5. The number of benzene rings is 1. The Hall–Kier alpha value is -2.20. The predicted molar refractivity (Wildman–Crippen MR) is 136 cm³/mol. The number of halogens is 5. The summed E-state index contributed by atoms with van der Waals surface area (Å²) in [7, 11) is -4.12. The van der Waals surface area contributed by atoms with Gasteiger partial charge in [0.15, 0.2) is 0 Å². The summed E-state index contributed by atoms with van der Waals surface area (Å²) in [5.74, 6) is -4.13. The molecule has 226 valence electrons. The molecule has 2 saturated heterocycles. The molecular weight excluding hydrogens is 586 g/mol. The zero-order valence-corrected chi connectivity index (χ0v) is 23.1. The number of carboxylic acid groups (broad SMARTS) is 1. The van der Waals surface area contributed by atoms with E-state index < -0.39 is 39.6 Å². The zero-order valence-electron chi connectivity index (χ0n) is 21.5. The van der Waals surface area contributed by atoms with E-state index in [1.54, 1.807) is 0 Å². The molecule has 2 heterocycles. The monoisotopic (exact) mass is 617 g/mol. The van der Waals surface area contributed by atoms with E-state index in [1.807, 2.05) is 4.72 Å². The summed E-state index contributed by atoms with van der Waals surface area (Å²) in [6.07, 6.45) is 1.56. The highest BCUT2D eigenvalue weighted by Crippen LogP contribution is 2.31. The summed E-state index contributed by atoms with van der Waals surface area (Å²) in [6.45, 7) is 2.64. The van der Waals surface area contributed by atoms with Gasteiger partial charge in [0.05, 0.1) is 29.4 Å². The van der Waals surface area contributed by atoms with Gasteiger partial charge in [-0.05, 0) is 50.6 Å². The van der Waals surface area contributed by atoms with Crippen LogP contribution in [-0.2, 0) is 19.7 Å². The third-order valence-corrected chi connectivity index (χ3v) is 8.60. The van der Waals surface area contributed by atoms with Gasteiger partial charge in [0.2, 0.25) is 0 Å². The van der Waals surface area contributed by atoms with E-state index in [0.29, 0.717) is 25.4 Å². The number of aliphatic carboxylic acids is 1. The molecule has 16 heteroatoms. The van der Waals surface area contributed by atoms with Crippen molar-refractivity contribution in [1.82, 2.24) is 14.3 Å². The molecule has 2 aliphatic heterocycles. The van der Waals surface area contributed by atoms with Crippen LogP contribution in [0.15, 0.2) is 12.1 Å². The molecule has 3 fully saturated rings. The van der Waals surface area contributed by atoms with Crippen LogP contribution in [0.3, 0.4) is 0 Å². The molecule has 3 N–H and O–H groups in total. The standard InChI is InChI=1S/C22H31ClFN3O5S.C2HF3O2/c23-19-11-18(20(24)12-21(19)31-14-15-3-1-2-4-15)22(28)26-33(29,30)27-9-6-16(7-10-27)32-17-5-8-25-13-17;3-2(4,5)1(6)7/h11-12,15-17,25H,1-10,13-14H2,(H,26,28);(H,6,7)/t17-;/m0./s1. The average molecular weight is 618 g/mol. The number of hydrogen-bond donors (Lipinski definition) is 3. The van der Waals surface area contributed by atoms with Gasteiger partial charge in [-0.3, -0.25) is 4.79 Å². The Kier molecular flexibility index (Phi) is 11.4. The molecule has 1 aliphatic carbocycles. The van der Waals surface area contributed by atoms with Crippen LogP contribution >= 0.6 is 11.6 Å². The van der Waals surface area contributed by atoms with Gasteiger partial charge in [-0.2, -0.15) is 25.9 Å². The first-order valence-corrected chi connectivity index (χ1v) is 14.7. The number of hydrogen-bond acceptors (Lipinski definition) is 7. The second kappa shape index (κ2) is 14.1. The third-order valence-electron chi connectivity index (χ3n) is 6.82. The maximum atomic E-state index is 14.6. The zero-order chi connectivity index (χ0) is 29.5. The minimum absolute atomic E-state index is 0.00919. The topological polar surface area (TPSA) is 134 Å². The molecule has 1 atom stereocenters. The van der Waals surface area contributed by atoms with E-state index in [0.717, 1.165) is 57.3 Å². The predicted octanol–water partition coefficient (Wildman–Crippen LogP) is 3.50. The van der Waals surface area contributed by atoms with Crippen molar-refractivity contribution in [3.63, 3.8) is 0 Å². The Balaban J connectivity index is 0.000000559. The van der Waals surface area contributed by atoms with Crippen molar-refractivity contribution in [3.05, 3.63) is 28.5 Å². The van der Waals surface area contributed by atoms with E-state index in [4.69, 9.17) is 31.0 Å². The molecular formula is C24H32ClF4N3O7S. The summed E-state index contributed by atoms with van der Waals surface area (Å²) in [5, 5.41) is 10.4. The number of carbonyl (C=O) groups excluding carboxylic acids is 1. The van der Waals surface area contributed by atoms with E-state index in [9.17, 15) is 30.8 Å². The lowest BCUT2D eigenvalue weighted by Gasteiger charge is -2.32. The maximum absolute atomic E-state index is 14.6.